The summed E-state index contributed by atoms with van der Waals surface area (Å²) in [5.74, 6) is 1.33. The fourth-order valence-corrected chi connectivity index (χ4v) is 3.12. The molecule has 4 aromatic rings. The molecule has 0 N–H and O–H groups in total. The zero-order chi connectivity index (χ0) is 19.7. The number of imidazole rings is 1. The number of hydrogen-bond donors (Lipinski definition) is 0. The van der Waals surface area contributed by atoms with Crippen LogP contribution in [0.15, 0.2) is 60.8 Å². The van der Waals surface area contributed by atoms with Crippen molar-refractivity contribution in [1.29, 1.82) is 0 Å². The molecule has 0 bridgehead atoms. The molecule has 0 fully saturated rings. The third-order valence-corrected chi connectivity index (χ3v) is 4.61. The maximum absolute atomic E-state index is 11.7. The number of carbonyl (C=O) groups is 1. The lowest BCUT2D eigenvalue weighted by atomic mass is 10.1. The van der Waals surface area contributed by atoms with Gasteiger partial charge in [-0.1, -0.05) is 18.2 Å². The van der Waals surface area contributed by atoms with Gasteiger partial charge in [0.05, 0.1) is 31.8 Å². The van der Waals surface area contributed by atoms with Crippen molar-refractivity contribution in [3.8, 4) is 34.0 Å². The van der Waals surface area contributed by atoms with Crippen LogP contribution >= 0.6 is 0 Å². The van der Waals surface area contributed by atoms with E-state index in [1.165, 1.54) is 0 Å². The molecular formula is C22H19N3O3. The fourth-order valence-electron chi connectivity index (χ4n) is 3.12. The zero-order valence-electron chi connectivity index (χ0n) is 15.8. The topological polar surface area (TPSA) is 65.7 Å². The highest BCUT2D eigenvalue weighted by molar-refractivity contribution is 5.95. The first-order valence-corrected chi connectivity index (χ1v) is 8.79. The van der Waals surface area contributed by atoms with Gasteiger partial charge in [-0.25, -0.2) is 9.50 Å². The number of Topliss-reactive ketones (excluding diaryl/α,β-unsaturated/α-hetero) is 1. The number of methoxy groups -OCH3 is 2. The predicted molar refractivity (Wildman–Crippen MR) is 107 cm³/mol. The second-order valence-corrected chi connectivity index (χ2v) is 6.34. The summed E-state index contributed by atoms with van der Waals surface area (Å²) in [5, 5.41) is 4.76. The Balaban J connectivity index is 1.83. The van der Waals surface area contributed by atoms with Crippen molar-refractivity contribution in [3.63, 3.8) is 0 Å². The number of ether oxygens (including phenoxy) is 2. The lowest BCUT2D eigenvalue weighted by Gasteiger charge is -2.10. The summed E-state index contributed by atoms with van der Waals surface area (Å²) in [6.45, 7) is 1.56. The third-order valence-electron chi connectivity index (χ3n) is 4.61. The van der Waals surface area contributed by atoms with Crippen molar-refractivity contribution in [3.05, 3.63) is 66.4 Å². The third kappa shape index (κ3) is 3.09. The van der Waals surface area contributed by atoms with Gasteiger partial charge in [0, 0.05) is 16.7 Å². The van der Waals surface area contributed by atoms with E-state index in [1.807, 2.05) is 48.5 Å². The Morgan fingerprint density at radius 2 is 1.75 bits per heavy atom. The number of rotatable bonds is 5. The second-order valence-electron chi connectivity index (χ2n) is 6.34. The molecule has 2 heterocycles. The molecule has 140 valence electrons. The van der Waals surface area contributed by atoms with Crippen LogP contribution in [0.25, 0.3) is 28.2 Å². The van der Waals surface area contributed by atoms with Gasteiger partial charge in [0.2, 0.25) is 0 Å². The molecule has 6 heteroatoms. The van der Waals surface area contributed by atoms with Crippen molar-refractivity contribution in [2.45, 2.75) is 6.92 Å². The fraction of sp³-hybridized carbons (Fsp3) is 0.136. The lowest BCUT2D eigenvalue weighted by molar-refractivity contribution is 0.101. The van der Waals surface area contributed by atoms with Crippen LogP contribution in [-0.2, 0) is 0 Å². The van der Waals surface area contributed by atoms with Crippen LogP contribution in [0.4, 0.5) is 0 Å². The zero-order valence-corrected chi connectivity index (χ0v) is 15.8. The molecule has 0 unspecified atom stereocenters. The molecule has 0 radical (unpaired) electrons. The summed E-state index contributed by atoms with van der Waals surface area (Å²) in [6.07, 6.45) is 1.76. The Morgan fingerprint density at radius 1 is 0.929 bits per heavy atom. The molecule has 0 spiro atoms. The van der Waals surface area contributed by atoms with Crippen molar-refractivity contribution < 1.29 is 14.3 Å². The number of hydrogen-bond acceptors (Lipinski definition) is 5. The van der Waals surface area contributed by atoms with E-state index in [0.29, 0.717) is 17.1 Å². The van der Waals surface area contributed by atoms with Crippen molar-refractivity contribution in [2.75, 3.05) is 14.2 Å². The summed E-state index contributed by atoms with van der Waals surface area (Å²) in [7, 11) is 3.21. The van der Waals surface area contributed by atoms with Crippen LogP contribution in [0.2, 0.25) is 0 Å². The Kier molecular flexibility index (Phi) is 4.53. The van der Waals surface area contributed by atoms with E-state index in [4.69, 9.17) is 14.6 Å². The average Bonchev–Trinajstić information content (AvgIpc) is 3.16. The first-order valence-electron chi connectivity index (χ1n) is 8.79. The van der Waals surface area contributed by atoms with Crippen LogP contribution in [-0.4, -0.2) is 34.6 Å². The number of benzene rings is 2. The highest BCUT2D eigenvalue weighted by Crippen LogP contribution is 2.32. The van der Waals surface area contributed by atoms with E-state index in [9.17, 15) is 4.79 Å². The lowest BCUT2D eigenvalue weighted by Crippen LogP contribution is -1.98. The number of ketones is 1. The van der Waals surface area contributed by atoms with Gasteiger partial charge < -0.3 is 9.47 Å². The van der Waals surface area contributed by atoms with Crippen LogP contribution < -0.4 is 9.47 Å². The predicted octanol–water partition coefficient (Wildman–Crippen LogP) is 4.28. The van der Waals surface area contributed by atoms with Gasteiger partial charge in [-0.05, 0) is 43.3 Å². The van der Waals surface area contributed by atoms with E-state index in [2.05, 4.69) is 4.98 Å². The normalized spacial score (nSPS) is 10.8. The van der Waals surface area contributed by atoms with Crippen molar-refractivity contribution in [1.82, 2.24) is 14.6 Å². The molecule has 0 saturated heterocycles. The summed E-state index contributed by atoms with van der Waals surface area (Å²) in [5.41, 5.74) is 4.76. The van der Waals surface area contributed by atoms with E-state index in [0.717, 1.165) is 28.2 Å². The molecule has 28 heavy (non-hydrogen) atoms. The first kappa shape index (κ1) is 17.7. The van der Waals surface area contributed by atoms with Gasteiger partial charge in [0.15, 0.2) is 22.9 Å². The Morgan fingerprint density at radius 3 is 2.50 bits per heavy atom. The Hall–Kier alpha value is -3.67. The quantitative estimate of drug-likeness (QED) is 0.489. The van der Waals surface area contributed by atoms with Gasteiger partial charge in [0.1, 0.15) is 0 Å². The van der Waals surface area contributed by atoms with Gasteiger partial charge in [0.25, 0.3) is 0 Å². The average molecular weight is 373 g/mol. The van der Waals surface area contributed by atoms with E-state index in [1.54, 1.807) is 37.9 Å². The van der Waals surface area contributed by atoms with E-state index in [-0.39, 0.29) is 5.78 Å². The number of carbonyl (C=O) groups excluding carboxylic acids is 1. The van der Waals surface area contributed by atoms with Crippen LogP contribution in [0, 0.1) is 0 Å². The maximum atomic E-state index is 11.7. The Bertz CT molecular complexity index is 1180. The van der Waals surface area contributed by atoms with Crippen LogP contribution in [0.5, 0.6) is 11.5 Å². The van der Waals surface area contributed by atoms with E-state index >= 15 is 0 Å². The first-order chi connectivity index (χ1) is 13.6. The highest BCUT2D eigenvalue weighted by Gasteiger charge is 2.12. The molecule has 0 saturated carbocycles. The number of fused-ring (bicyclic) bond motifs is 1. The number of aromatic nitrogens is 3. The van der Waals surface area contributed by atoms with Crippen molar-refractivity contribution in [2.24, 2.45) is 0 Å². The summed E-state index contributed by atoms with van der Waals surface area (Å²) in [6, 6.07) is 17.0. The molecule has 0 aliphatic carbocycles. The summed E-state index contributed by atoms with van der Waals surface area (Å²) < 4.78 is 12.5. The monoisotopic (exact) mass is 373 g/mol. The summed E-state index contributed by atoms with van der Waals surface area (Å²) >= 11 is 0. The molecule has 0 amide bonds. The molecule has 4 rings (SSSR count). The van der Waals surface area contributed by atoms with E-state index < -0.39 is 0 Å². The van der Waals surface area contributed by atoms with Crippen LogP contribution in [0.1, 0.15) is 17.3 Å². The van der Waals surface area contributed by atoms with Gasteiger partial charge in [-0.3, -0.25) is 4.79 Å². The Labute approximate surface area is 162 Å². The molecule has 2 aromatic heterocycles. The van der Waals surface area contributed by atoms with Crippen molar-refractivity contribution >= 4 is 11.4 Å². The summed E-state index contributed by atoms with van der Waals surface area (Å²) in [4.78, 5) is 16.2. The molecule has 0 aliphatic rings. The molecule has 0 atom stereocenters. The molecule has 6 nitrogen and oxygen atoms in total. The van der Waals surface area contributed by atoms with Gasteiger partial charge >= 0.3 is 0 Å². The second kappa shape index (κ2) is 7.15. The van der Waals surface area contributed by atoms with Gasteiger partial charge in [-0.2, -0.15) is 5.10 Å². The standard InChI is InChI=1S/C22H19N3O3/c1-14(26)15-5-4-6-17(11-15)19-13-23-22-10-8-18(24-25(19)22)16-7-9-20(27-2)21(12-16)28-3/h4-13H,1-3H3. The molecule has 2 aromatic carbocycles. The maximum Gasteiger partial charge on any atom is 0.161 e. The van der Waals surface area contributed by atoms with Gasteiger partial charge in [-0.15, -0.1) is 0 Å². The minimum Gasteiger partial charge on any atom is -0.493 e. The molecule has 0 aliphatic heterocycles. The SMILES string of the molecule is COc1ccc(-c2ccc3ncc(-c4cccc(C(C)=O)c4)n3n2)cc1OC. The minimum atomic E-state index is 0.0228. The number of nitrogens with zero attached hydrogens (tertiary/aromatic N) is 3. The largest absolute Gasteiger partial charge is 0.493 e. The smallest absolute Gasteiger partial charge is 0.161 e. The molecular weight excluding hydrogens is 354 g/mol. The van der Waals surface area contributed by atoms with Crippen LogP contribution in [0.3, 0.4) is 0 Å². The highest BCUT2D eigenvalue weighted by atomic mass is 16.5. The minimum absolute atomic E-state index is 0.0228.